The van der Waals surface area contributed by atoms with Crippen LogP contribution in [0.4, 0.5) is 0 Å². The Balaban J connectivity index is 2.35. The summed E-state index contributed by atoms with van der Waals surface area (Å²) in [6.45, 7) is 1.94. The lowest BCUT2D eigenvalue weighted by molar-refractivity contribution is 0.414. The van der Waals surface area contributed by atoms with Gasteiger partial charge in [-0.15, -0.1) is 11.3 Å². The van der Waals surface area contributed by atoms with Crippen LogP contribution in [0.25, 0.3) is 0 Å². The highest BCUT2D eigenvalue weighted by Crippen LogP contribution is 2.16. The Labute approximate surface area is 110 Å². The number of benzene rings is 1. The van der Waals surface area contributed by atoms with Gasteiger partial charge >= 0.3 is 0 Å². The van der Waals surface area contributed by atoms with Gasteiger partial charge in [-0.25, -0.2) is 4.98 Å². The Hall–Kier alpha value is -2.30. The summed E-state index contributed by atoms with van der Waals surface area (Å²) in [6.07, 6.45) is 0. The fourth-order valence-corrected chi connectivity index (χ4v) is 1.96. The van der Waals surface area contributed by atoms with E-state index in [0.29, 0.717) is 11.3 Å². The molecular weight excluding hydrogens is 244 g/mol. The Bertz CT molecular complexity index is 671. The molecule has 0 radical (unpaired) electrons. The molecule has 3 nitrogen and oxygen atoms in total. The van der Waals surface area contributed by atoms with Gasteiger partial charge in [0.25, 0.3) is 0 Å². The van der Waals surface area contributed by atoms with Crippen LogP contribution in [-0.2, 0) is 0 Å². The van der Waals surface area contributed by atoms with Crippen molar-refractivity contribution >= 4 is 11.3 Å². The van der Waals surface area contributed by atoms with Crippen LogP contribution in [0.1, 0.15) is 21.8 Å². The monoisotopic (exact) mass is 254 g/mol. The Morgan fingerprint density at radius 3 is 2.61 bits per heavy atom. The molecule has 0 bridgehead atoms. The van der Waals surface area contributed by atoms with E-state index in [-0.39, 0.29) is 0 Å². The second kappa shape index (κ2) is 5.35. The standard InChI is InChI=1S/C14H10N2OS/c1-10-16-13(9-18-10)4-3-11-5-12(8-15)7-14(6-11)17-2/h5-7,9H,1-2H3. The second-order valence-electron chi connectivity index (χ2n) is 3.56. The molecule has 0 amide bonds. The summed E-state index contributed by atoms with van der Waals surface area (Å²) in [4.78, 5) is 4.26. The van der Waals surface area contributed by atoms with E-state index < -0.39 is 0 Å². The molecule has 4 heteroatoms. The summed E-state index contributed by atoms with van der Waals surface area (Å²) >= 11 is 1.56. The maximum atomic E-state index is 8.91. The first-order valence-electron chi connectivity index (χ1n) is 5.24. The summed E-state index contributed by atoms with van der Waals surface area (Å²) < 4.78 is 5.12. The minimum atomic E-state index is 0.535. The summed E-state index contributed by atoms with van der Waals surface area (Å²) in [7, 11) is 1.57. The van der Waals surface area contributed by atoms with Crippen LogP contribution < -0.4 is 4.74 Å². The molecule has 1 aromatic heterocycles. The zero-order valence-corrected chi connectivity index (χ0v) is 10.8. The number of rotatable bonds is 1. The van der Waals surface area contributed by atoms with Gasteiger partial charge in [0.2, 0.25) is 0 Å². The first-order chi connectivity index (χ1) is 8.71. The fourth-order valence-electron chi connectivity index (χ4n) is 1.41. The van der Waals surface area contributed by atoms with Crippen molar-refractivity contribution in [1.29, 1.82) is 5.26 Å². The van der Waals surface area contributed by atoms with E-state index in [4.69, 9.17) is 10.00 Å². The molecule has 0 aliphatic heterocycles. The zero-order chi connectivity index (χ0) is 13.0. The van der Waals surface area contributed by atoms with Gasteiger partial charge in [0.1, 0.15) is 11.4 Å². The molecule has 0 N–H and O–H groups in total. The number of nitriles is 1. The lowest BCUT2D eigenvalue weighted by Gasteiger charge is -2.00. The van der Waals surface area contributed by atoms with Gasteiger partial charge in [0.05, 0.1) is 23.8 Å². The van der Waals surface area contributed by atoms with Crippen LogP contribution in [0.3, 0.4) is 0 Å². The smallest absolute Gasteiger partial charge is 0.124 e. The number of thiazole rings is 1. The average Bonchev–Trinajstić information content (AvgIpc) is 2.81. The highest BCUT2D eigenvalue weighted by Gasteiger charge is 1.99. The molecule has 0 saturated carbocycles. The zero-order valence-electron chi connectivity index (χ0n) is 10.0. The van der Waals surface area contributed by atoms with E-state index in [2.05, 4.69) is 22.9 Å². The molecule has 0 aliphatic carbocycles. The molecule has 1 heterocycles. The minimum Gasteiger partial charge on any atom is -0.497 e. The first-order valence-corrected chi connectivity index (χ1v) is 6.12. The van der Waals surface area contributed by atoms with Crippen molar-refractivity contribution < 1.29 is 4.74 Å². The van der Waals surface area contributed by atoms with E-state index in [9.17, 15) is 0 Å². The number of methoxy groups -OCH3 is 1. The molecule has 1 aromatic carbocycles. The molecule has 2 rings (SSSR count). The third-order valence-corrected chi connectivity index (χ3v) is 3.00. The topological polar surface area (TPSA) is 45.9 Å². The number of hydrogen-bond donors (Lipinski definition) is 0. The van der Waals surface area contributed by atoms with Crippen molar-refractivity contribution in [3.8, 4) is 23.7 Å². The summed E-state index contributed by atoms with van der Waals surface area (Å²) in [6, 6.07) is 7.29. The van der Waals surface area contributed by atoms with Crippen LogP contribution >= 0.6 is 11.3 Å². The fraction of sp³-hybridized carbons (Fsp3) is 0.143. The Morgan fingerprint density at radius 1 is 1.22 bits per heavy atom. The summed E-state index contributed by atoms with van der Waals surface area (Å²) in [5.74, 6) is 6.59. The molecule has 0 aliphatic rings. The van der Waals surface area contributed by atoms with Gasteiger partial charge in [0.15, 0.2) is 0 Å². The number of ether oxygens (including phenoxy) is 1. The van der Waals surface area contributed by atoms with Crippen molar-refractivity contribution in [3.63, 3.8) is 0 Å². The van der Waals surface area contributed by atoms with Crippen molar-refractivity contribution in [2.45, 2.75) is 6.92 Å². The number of hydrogen-bond acceptors (Lipinski definition) is 4. The maximum Gasteiger partial charge on any atom is 0.124 e. The van der Waals surface area contributed by atoms with Gasteiger partial charge in [-0.3, -0.25) is 0 Å². The molecule has 0 spiro atoms. The van der Waals surface area contributed by atoms with Crippen molar-refractivity contribution in [2.75, 3.05) is 7.11 Å². The van der Waals surface area contributed by atoms with E-state index in [1.807, 2.05) is 12.3 Å². The highest BCUT2D eigenvalue weighted by molar-refractivity contribution is 7.09. The molecule has 0 fully saturated rings. The van der Waals surface area contributed by atoms with Gasteiger partial charge in [-0.2, -0.15) is 5.26 Å². The predicted octanol–water partition coefficient (Wildman–Crippen LogP) is 2.73. The molecule has 0 saturated heterocycles. The van der Waals surface area contributed by atoms with Gasteiger partial charge < -0.3 is 4.74 Å². The van der Waals surface area contributed by atoms with Crippen molar-refractivity contribution in [2.24, 2.45) is 0 Å². The normalized spacial score (nSPS) is 9.17. The molecule has 88 valence electrons. The first kappa shape index (κ1) is 12.2. The van der Waals surface area contributed by atoms with Gasteiger partial charge in [-0.05, 0) is 31.0 Å². The van der Waals surface area contributed by atoms with Crippen LogP contribution in [0, 0.1) is 30.1 Å². The van der Waals surface area contributed by atoms with Crippen LogP contribution in [0.15, 0.2) is 23.6 Å². The third-order valence-electron chi connectivity index (χ3n) is 2.23. The molecule has 0 atom stereocenters. The van der Waals surface area contributed by atoms with Crippen LogP contribution in [0.5, 0.6) is 5.75 Å². The number of aryl methyl sites for hydroxylation is 1. The van der Waals surface area contributed by atoms with E-state index in [1.54, 1.807) is 36.6 Å². The van der Waals surface area contributed by atoms with Gasteiger partial charge in [0, 0.05) is 10.9 Å². The Kier molecular flexibility index (Phi) is 3.62. The van der Waals surface area contributed by atoms with E-state index in [1.165, 1.54) is 0 Å². The molecule has 18 heavy (non-hydrogen) atoms. The largest absolute Gasteiger partial charge is 0.497 e. The van der Waals surface area contributed by atoms with Crippen LogP contribution in [-0.4, -0.2) is 12.1 Å². The number of aromatic nitrogens is 1. The lowest BCUT2D eigenvalue weighted by atomic mass is 10.1. The SMILES string of the molecule is COc1cc(C#N)cc(C#Cc2csc(C)n2)c1. The lowest BCUT2D eigenvalue weighted by Crippen LogP contribution is -1.86. The van der Waals surface area contributed by atoms with Crippen LogP contribution in [0.2, 0.25) is 0 Å². The summed E-state index contributed by atoms with van der Waals surface area (Å²) in [5, 5.41) is 11.8. The minimum absolute atomic E-state index is 0.535. The maximum absolute atomic E-state index is 8.91. The average molecular weight is 254 g/mol. The predicted molar refractivity (Wildman–Crippen MR) is 70.5 cm³/mol. The number of nitrogens with zero attached hydrogens (tertiary/aromatic N) is 2. The third kappa shape index (κ3) is 2.88. The quantitative estimate of drug-likeness (QED) is 0.735. The highest BCUT2D eigenvalue weighted by atomic mass is 32.1. The molecule has 0 unspecified atom stereocenters. The molecular formula is C14H10N2OS. The van der Waals surface area contributed by atoms with Crippen molar-refractivity contribution in [3.05, 3.63) is 45.4 Å². The molecule has 2 aromatic rings. The summed E-state index contributed by atoms with van der Waals surface area (Å²) in [5.41, 5.74) is 2.03. The Morgan fingerprint density at radius 2 is 2.00 bits per heavy atom. The second-order valence-corrected chi connectivity index (χ2v) is 4.63. The van der Waals surface area contributed by atoms with E-state index in [0.717, 1.165) is 16.3 Å². The van der Waals surface area contributed by atoms with E-state index >= 15 is 0 Å². The van der Waals surface area contributed by atoms with Gasteiger partial charge in [-0.1, -0.05) is 5.92 Å². The van der Waals surface area contributed by atoms with Crippen molar-refractivity contribution in [1.82, 2.24) is 4.98 Å².